The Balaban J connectivity index is 2.67. The third kappa shape index (κ3) is 2.08. The first-order valence-corrected chi connectivity index (χ1v) is 4.98. The molecule has 1 aromatic heterocycles. The summed E-state index contributed by atoms with van der Waals surface area (Å²) in [5.74, 6) is -1.17. The lowest BCUT2D eigenvalue weighted by atomic mass is 10.1. The molecule has 2 rings (SSSR count). The van der Waals surface area contributed by atoms with Gasteiger partial charge in [-0.25, -0.2) is 9.78 Å². The number of carboxylic acid groups (broad SMARTS) is 1. The van der Waals surface area contributed by atoms with Crippen molar-refractivity contribution in [1.29, 1.82) is 0 Å². The van der Waals surface area contributed by atoms with E-state index in [4.69, 9.17) is 5.11 Å². The third-order valence-electron chi connectivity index (χ3n) is 2.41. The Morgan fingerprint density at radius 3 is 2.71 bits per heavy atom. The van der Waals surface area contributed by atoms with Crippen molar-refractivity contribution in [3.8, 4) is 11.3 Å². The smallest absolute Gasteiger partial charge is 0.356 e. The highest BCUT2D eigenvalue weighted by Crippen LogP contribution is 2.17. The van der Waals surface area contributed by atoms with E-state index in [1.54, 1.807) is 12.1 Å². The van der Waals surface area contributed by atoms with E-state index in [1.165, 1.54) is 0 Å². The molecule has 17 heavy (non-hydrogen) atoms. The van der Waals surface area contributed by atoms with E-state index in [-0.39, 0.29) is 11.4 Å². The van der Waals surface area contributed by atoms with Crippen LogP contribution in [0, 0.1) is 6.92 Å². The largest absolute Gasteiger partial charge is 0.476 e. The van der Waals surface area contributed by atoms with Crippen LogP contribution in [0.1, 0.15) is 16.1 Å². The zero-order valence-corrected chi connectivity index (χ0v) is 9.10. The predicted molar refractivity (Wildman–Crippen MR) is 62.0 cm³/mol. The van der Waals surface area contributed by atoms with Gasteiger partial charge in [-0.05, 0) is 12.5 Å². The highest BCUT2D eigenvalue weighted by atomic mass is 16.4. The molecule has 0 fully saturated rings. The molecule has 2 aromatic rings. The molecule has 0 atom stereocenters. The third-order valence-corrected chi connectivity index (χ3v) is 2.41. The van der Waals surface area contributed by atoms with Gasteiger partial charge < -0.3 is 10.1 Å². The van der Waals surface area contributed by atoms with Gasteiger partial charge in [0, 0.05) is 11.8 Å². The number of rotatable bonds is 2. The van der Waals surface area contributed by atoms with Crippen LogP contribution in [0.2, 0.25) is 0 Å². The summed E-state index contributed by atoms with van der Waals surface area (Å²) in [6.45, 7) is 1.84. The number of nitrogens with one attached hydrogen (secondary N) is 1. The van der Waals surface area contributed by atoms with Crippen LogP contribution in [-0.2, 0) is 0 Å². The number of hydrogen-bond donors (Lipinski definition) is 2. The highest BCUT2D eigenvalue weighted by molar-refractivity contribution is 5.85. The van der Waals surface area contributed by atoms with Crippen molar-refractivity contribution in [3.63, 3.8) is 0 Å². The van der Waals surface area contributed by atoms with E-state index in [9.17, 15) is 9.59 Å². The van der Waals surface area contributed by atoms with Crippen molar-refractivity contribution in [1.82, 2.24) is 9.97 Å². The van der Waals surface area contributed by atoms with E-state index in [1.807, 2.05) is 19.1 Å². The molecule has 0 aliphatic rings. The van der Waals surface area contributed by atoms with Crippen LogP contribution in [0.25, 0.3) is 11.3 Å². The molecule has 0 saturated heterocycles. The van der Waals surface area contributed by atoms with Crippen molar-refractivity contribution < 1.29 is 9.90 Å². The Morgan fingerprint density at radius 1 is 1.35 bits per heavy atom. The van der Waals surface area contributed by atoms with Crippen molar-refractivity contribution in [2.24, 2.45) is 0 Å². The molecule has 2 N–H and O–H groups in total. The summed E-state index contributed by atoms with van der Waals surface area (Å²) in [6, 6.07) is 7.19. The fourth-order valence-corrected chi connectivity index (χ4v) is 1.54. The highest BCUT2D eigenvalue weighted by Gasteiger charge is 2.12. The standard InChI is InChI=1S/C12H10N2O3/c1-7-4-2-3-5-8(7)10-11(15)13-6-9(14-10)12(16)17/h2-6H,1H3,(H,13,15)(H,16,17). The normalized spacial score (nSPS) is 10.2. The summed E-state index contributed by atoms with van der Waals surface area (Å²) < 4.78 is 0. The maximum Gasteiger partial charge on any atom is 0.356 e. The van der Waals surface area contributed by atoms with Crippen molar-refractivity contribution in [2.45, 2.75) is 6.92 Å². The van der Waals surface area contributed by atoms with Crippen LogP contribution >= 0.6 is 0 Å². The molecule has 0 saturated carbocycles. The average molecular weight is 230 g/mol. The molecule has 86 valence electrons. The van der Waals surface area contributed by atoms with E-state index in [0.717, 1.165) is 11.8 Å². The molecule has 0 aliphatic carbocycles. The van der Waals surface area contributed by atoms with Crippen molar-refractivity contribution in [3.05, 3.63) is 52.1 Å². The number of carboxylic acids is 1. The fraction of sp³-hybridized carbons (Fsp3) is 0.0833. The molecule has 0 amide bonds. The van der Waals surface area contributed by atoms with Crippen LogP contribution in [0.3, 0.4) is 0 Å². The number of aryl methyl sites for hydroxylation is 1. The van der Waals surface area contributed by atoms with E-state index >= 15 is 0 Å². The molecule has 0 aliphatic heterocycles. The molecule has 0 radical (unpaired) electrons. The second-order valence-electron chi connectivity index (χ2n) is 3.58. The number of carbonyl (C=O) groups is 1. The number of aromatic nitrogens is 2. The summed E-state index contributed by atoms with van der Waals surface area (Å²) in [5, 5.41) is 8.83. The van der Waals surface area contributed by atoms with E-state index in [0.29, 0.717) is 5.56 Å². The lowest BCUT2D eigenvalue weighted by Crippen LogP contribution is -2.15. The molecular formula is C12H10N2O3. The van der Waals surface area contributed by atoms with E-state index in [2.05, 4.69) is 9.97 Å². The molecule has 5 nitrogen and oxygen atoms in total. The number of hydrogen-bond acceptors (Lipinski definition) is 3. The van der Waals surface area contributed by atoms with Gasteiger partial charge in [0.15, 0.2) is 5.69 Å². The SMILES string of the molecule is Cc1ccccc1-c1nc(C(=O)O)c[nH]c1=O. The summed E-state index contributed by atoms with van der Waals surface area (Å²) in [6.07, 6.45) is 1.09. The number of H-pyrrole nitrogens is 1. The lowest BCUT2D eigenvalue weighted by molar-refractivity contribution is 0.0690. The second kappa shape index (κ2) is 4.21. The Bertz CT molecular complexity index is 632. The molecule has 5 heteroatoms. The molecule has 0 unspecified atom stereocenters. The minimum Gasteiger partial charge on any atom is -0.476 e. The number of aromatic amines is 1. The van der Waals surface area contributed by atoms with Gasteiger partial charge in [-0.1, -0.05) is 24.3 Å². The molecule has 1 aromatic carbocycles. The van der Waals surface area contributed by atoms with E-state index < -0.39 is 11.5 Å². The molecule has 1 heterocycles. The average Bonchev–Trinajstić information content (AvgIpc) is 2.30. The number of aromatic carboxylic acids is 1. The molecule has 0 bridgehead atoms. The zero-order chi connectivity index (χ0) is 12.4. The Morgan fingerprint density at radius 2 is 2.06 bits per heavy atom. The zero-order valence-electron chi connectivity index (χ0n) is 9.10. The topological polar surface area (TPSA) is 83.0 Å². The maximum atomic E-state index is 11.6. The Labute approximate surface area is 96.8 Å². The van der Waals surface area contributed by atoms with Gasteiger partial charge in [0.05, 0.1) is 0 Å². The summed E-state index contributed by atoms with van der Waals surface area (Å²) in [4.78, 5) is 28.7. The first kappa shape index (κ1) is 11.1. The van der Waals surface area contributed by atoms with Crippen LogP contribution in [-0.4, -0.2) is 21.0 Å². The van der Waals surface area contributed by atoms with Gasteiger partial charge in [-0.15, -0.1) is 0 Å². The van der Waals surface area contributed by atoms with Gasteiger partial charge in [-0.3, -0.25) is 4.79 Å². The van der Waals surface area contributed by atoms with Gasteiger partial charge >= 0.3 is 5.97 Å². The minimum atomic E-state index is -1.17. The van der Waals surface area contributed by atoms with Gasteiger partial charge in [0.2, 0.25) is 0 Å². The predicted octanol–water partition coefficient (Wildman–Crippen LogP) is 1.44. The monoisotopic (exact) mass is 230 g/mol. The number of benzene rings is 1. The van der Waals surface area contributed by atoms with Gasteiger partial charge in [0.25, 0.3) is 5.56 Å². The van der Waals surface area contributed by atoms with Crippen molar-refractivity contribution >= 4 is 5.97 Å². The summed E-state index contributed by atoms with van der Waals surface area (Å²) in [5.41, 5.74) is 1.06. The summed E-state index contributed by atoms with van der Waals surface area (Å²) in [7, 11) is 0. The van der Waals surface area contributed by atoms with Gasteiger partial charge in [0.1, 0.15) is 5.69 Å². The van der Waals surface area contributed by atoms with Crippen LogP contribution in [0.4, 0.5) is 0 Å². The van der Waals surface area contributed by atoms with Gasteiger partial charge in [-0.2, -0.15) is 0 Å². The van der Waals surface area contributed by atoms with Crippen LogP contribution in [0.15, 0.2) is 35.3 Å². The Hall–Kier alpha value is -2.43. The quantitative estimate of drug-likeness (QED) is 0.817. The van der Waals surface area contributed by atoms with Crippen LogP contribution < -0.4 is 5.56 Å². The molecular weight excluding hydrogens is 220 g/mol. The molecule has 0 spiro atoms. The minimum absolute atomic E-state index is 0.128. The van der Waals surface area contributed by atoms with Crippen molar-refractivity contribution in [2.75, 3.05) is 0 Å². The first-order chi connectivity index (χ1) is 8.09. The Kier molecular flexibility index (Phi) is 2.74. The van der Waals surface area contributed by atoms with Crippen LogP contribution in [0.5, 0.6) is 0 Å². The number of nitrogens with zero attached hydrogens (tertiary/aromatic N) is 1. The second-order valence-corrected chi connectivity index (χ2v) is 3.58. The first-order valence-electron chi connectivity index (χ1n) is 4.98. The lowest BCUT2D eigenvalue weighted by Gasteiger charge is -2.04. The summed E-state index contributed by atoms with van der Waals surface area (Å²) >= 11 is 0. The fourth-order valence-electron chi connectivity index (χ4n) is 1.54. The maximum absolute atomic E-state index is 11.6.